The molecule has 0 bridgehead atoms. The number of ether oxygens (including phenoxy) is 2. The summed E-state index contributed by atoms with van der Waals surface area (Å²) in [4.78, 5) is 28.8. The number of nitrogens with zero attached hydrogens (tertiary/aromatic N) is 1. The van der Waals surface area contributed by atoms with Gasteiger partial charge in [-0.05, 0) is 65.9 Å². The number of urea groups is 1. The minimum absolute atomic E-state index is 0.0157. The van der Waals surface area contributed by atoms with E-state index in [4.69, 9.17) is 21.1 Å². The van der Waals surface area contributed by atoms with Gasteiger partial charge in [-0.1, -0.05) is 36.7 Å². The molecule has 1 heterocycles. The zero-order chi connectivity index (χ0) is 28.6. The van der Waals surface area contributed by atoms with E-state index in [2.05, 4.69) is 15.6 Å². The number of carbonyl (C=O) groups excluding carboxylic acids is 2. The number of esters is 1. The molecule has 7 nitrogen and oxygen atoms in total. The average molecular weight is 564 g/mol. The number of aromatic nitrogens is 1. The van der Waals surface area contributed by atoms with Crippen LogP contribution in [0.4, 0.5) is 18.0 Å². The summed E-state index contributed by atoms with van der Waals surface area (Å²) in [6.45, 7) is 3.83. The summed E-state index contributed by atoms with van der Waals surface area (Å²) < 4.78 is 51.6. The highest BCUT2D eigenvalue weighted by Gasteiger charge is 2.32. The van der Waals surface area contributed by atoms with Gasteiger partial charge in [-0.3, -0.25) is 4.79 Å². The molecular formula is C28H29ClF3N3O4. The van der Waals surface area contributed by atoms with Gasteiger partial charge in [-0.15, -0.1) is 0 Å². The molecule has 0 fully saturated rings. The van der Waals surface area contributed by atoms with Crippen molar-refractivity contribution in [2.75, 3.05) is 13.7 Å². The van der Waals surface area contributed by atoms with Gasteiger partial charge in [0, 0.05) is 18.3 Å². The Bertz CT molecular complexity index is 1300. The number of rotatable bonds is 10. The second kappa shape index (κ2) is 13.3. The molecule has 0 radical (unpaired) electrons. The predicted molar refractivity (Wildman–Crippen MR) is 141 cm³/mol. The van der Waals surface area contributed by atoms with Crippen LogP contribution in [-0.2, 0) is 28.7 Å². The molecule has 208 valence electrons. The first-order valence-corrected chi connectivity index (χ1v) is 12.6. The quantitative estimate of drug-likeness (QED) is 0.217. The van der Waals surface area contributed by atoms with Gasteiger partial charge in [0.2, 0.25) is 0 Å². The Hall–Kier alpha value is -3.79. The number of hydrogen-bond acceptors (Lipinski definition) is 5. The minimum atomic E-state index is -4.59. The van der Waals surface area contributed by atoms with E-state index in [1.54, 1.807) is 44.2 Å². The third kappa shape index (κ3) is 8.10. The van der Waals surface area contributed by atoms with E-state index >= 15 is 0 Å². The van der Waals surface area contributed by atoms with Crippen LogP contribution in [0.15, 0.2) is 54.7 Å². The summed E-state index contributed by atoms with van der Waals surface area (Å²) in [5.74, 6) is -0.0277. The molecule has 1 unspecified atom stereocenters. The number of halogens is 4. The van der Waals surface area contributed by atoms with Crippen LogP contribution in [-0.4, -0.2) is 30.7 Å². The van der Waals surface area contributed by atoms with Crippen LogP contribution in [0.1, 0.15) is 48.6 Å². The molecule has 0 saturated carbocycles. The number of alkyl halides is 3. The summed E-state index contributed by atoms with van der Waals surface area (Å²) in [5.41, 5.74) is 1.62. The lowest BCUT2D eigenvalue weighted by atomic mass is 9.90. The third-order valence-corrected chi connectivity index (χ3v) is 6.14. The Morgan fingerprint density at radius 1 is 1.03 bits per heavy atom. The van der Waals surface area contributed by atoms with Crippen molar-refractivity contribution in [3.8, 4) is 16.9 Å². The maximum atomic E-state index is 13.7. The van der Waals surface area contributed by atoms with Crippen LogP contribution < -0.4 is 15.4 Å². The normalized spacial score (nSPS) is 12.0. The Morgan fingerprint density at radius 2 is 1.77 bits per heavy atom. The second-order valence-electron chi connectivity index (χ2n) is 8.59. The Labute approximate surface area is 229 Å². The van der Waals surface area contributed by atoms with Crippen molar-refractivity contribution in [2.24, 2.45) is 0 Å². The van der Waals surface area contributed by atoms with Gasteiger partial charge in [0.15, 0.2) is 0 Å². The van der Waals surface area contributed by atoms with Gasteiger partial charge >= 0.3 is 18.2 Å². The Morgan fingerprint density at radius 3 is 2.38 bits per heavy atom. The van der Waals surface area contributed by atoms with Crippen LogP contribution in [0, 0.1) is 0 Å². The van der Waals surface area contributed by atoms with Crippen molar-refractivity contribution < 1.29 is 32.2 Å². The smallest absolute Gasteiger partial charge is 0.416 e. The van der Waals surface area contributed by atoms with E-state index in [1.807, 2.05) is 0 Å². The standard InChI is InChI=1S/C28H29ClF3N3O4/c1-4-23(35-27(37)34-16-18-7-11-25(29)33-15-18)21-14-19(28(30,31)32)8-9-20(21)22-12-17(6-10-24(22)38-3)13-26(36)39-5-2/h6-12,14-15,23H,4-5,13,16H2,1-3H3,(H2,34,35,37). The van der Waals surface area contributed by atoms with Gasteiger partial charge in [-0.2, -0.15) is 13.2 Å². The van der Waals surface area contributed by atoms with Gasteiger partial charge in [0.25, 0.3) is 0 Å². The van der Waals surface area contributed by atoms with E-state index in [1.165, 1.54) is 19.4 Å². The first-order valence-electron chi connectivity index (χ1n) is 12.2. The average Bonchev–Trinajstić information content (AvgIpc) is 2.90. The number of benzene rings is 2. The maximum absolute atomic E-state index is 13.7. The Balaban J connectivity index is 1.98. The summed E-state index contributed by atoms with van der Waals surface area (Å²) in [5, 5.41) is 5.78. The van der Waals surface area contributed by atoms with Gasteiger partial charge in [0.1, 0.15) is 10.9 Å². The van der Waals surface area contributed by atoms with E-state index in [9.17, 15) is 22.8 Å². The number of nitrogens with one attached hydrogen (secondary N) is 2. The summed E-state index contributed by atoms with van der Waals surface area (Å²) in [6, 6.07) is 10.3. The van der Waals surface area contributed by atoms with Gasteiger partial charge in [0.05, 0.1) is 31.7 Å². The van der Waals surface area contributed by atoms with Gasteiger partial charge in [-0.25, -0.2) is 9.78 Å². The van der Waals surface area contributed by atoms with E-state index in [0.29, 0.717) is 39.6 Å². The summed E-state index contributed by atoms with van der Waals surface area (Å²) in [6.07, 6.45) is -2.79. The molecule has 0 aliphatic heterocycles. The highest BCUT2D eigenvalue weighted by Crippen LogP contribution is 2.40. The molecule has 2 aromatic carbocycles. The monoisotopic (exact) mass is 563 g/mol. The van der Waals surface area contributed by atoms with Crippen LogP contribution in [0.3, 0.4) is 0 Å². The fourth-order valence-corrected chi connectivity index (χ4v) is 4.14. The van der Waals surface area contributed by atoms with Crippen LogP contribution in [0.25, 0.3) is 11.1 Å². The Kier molecular flexibility index (Phi) is 10.2. The molecule has 11 heteroatoms. The van der Waals surface area contributed by atoms with E-state index < -0.39 is 29.8 Å². The number of hydrogen-bond donors (Lipinski definition) is 2. The molecule has 0 aliphatic rings. The predicted octanol–water partition coefficient (Wildman–Crippen LogP) is 6.49. The SMILES string of the molecule is CCOC(=O)Cc1ccc(OC)c(-c2ccc(C(F)(F)F)cc2C(CC)NC(=O)NCc2ccc(Cl)nc2)c1. The second-order valence-corrected chi connectivity index (χ2v) is 8.98. The molecule has 3 rings (SSSR count). The molecule has 3 aromatic rings. The molecule has 0 aliphatic carbocycles. The van der Waals surface area contributed by atoms with Crippen molar-refractivity contribution >= 4 is 23.6 Å². The van der Waals surface area contributed by atoms with Crippen LogP contribution in [0.5, 0.6) is 5.75 Å². The van der Waals surface area contributed by atoms with Crippen LogP contribution in [0.2, 0.25) is 5.15 Å². The van der Waals surface area contributed by atoms with E-state index in [-0.39, 0.29) is 25.1 Å². The lowest BCUT2D eigenvalue weighted by Gasteiger charge is -2.24. The van der Waals surface area contributed by atoms with Gasteiger partial charge < -0.3 is 20.1 Å². The highest BCUT2D eigenvalue weighted by atomic mass is 35.5. The molecular weight excluding hydrogens is 535 g/mol. The zero-order valence-electron chi connectivity index (χ0n) is 21.7. The third-order valence-electron chi connectivity index (χ3n) is 5.92. The fraction of sp³-hybridized carbons (Fsp3) is 0.321. The lowest BCUT2D eigenvalue weighted by molar-refractivity contribution is -0.142. The first kappa shape index (κ1) is 29.8. The van der Waals surface area contributed by atoms with Crippen molar-refractivity contribution in [3.63, 3.8) is 0 Å². The van der Waals surface area contributed by atoms with E-state index in [0.717, 1.165) is 12.1 Å². The van der Waals surface area contributed by atoms with Crippen molar-refractivity contribution in [3.05, 3.63) is 82.1 Å². The summed E-state index contributed by atoms with van der Waals surface area (Å²) in [7, 11) is 1.45. The molecule has 2 amide bonds. The zero-order valence-corrected chi connectivity index (χ0v) is 22.4. The molecule has 0 saturated heterocycles. The summed E-state index contributed by atoms with van der Waals surface area (Å²) >= 11 is 5.79. The van der Waals surface area contributed by atoms with Crippen LogP contribution >= 0.6 is 11.6 Å². The largest absolute Gasteiger partial charge is 0.496 e. The van der Waals surface area contributed by atoms with Crippen molar-refractivity contribution in [1.29, 1.82) is 0 Å². The van der Waals surface area contributed by atoms with Crippen molar-refractivity contribution in [1.82, 2.24) is 15.6 Å². The first-order chi connectivity index (χ1) is 18.5. The van der Waals surface area contributed by atoms with Crippen molar-refractivity contribution in [2.45, 2.75) is 45.5 Å². The molecule has 1 aromatic heterocycles. The number of methoxy groups -OCH3 is 1. The molecule has 39 heavy (non-hydrogen) atoms. The number of pyridine rings is 1. The maximum Gasteiger partial charge on any atom is 0.416 e. The highest BCUT2D eigenvalue weighted by molar-refractivity contribution is 6.29. The topological polar surface area (TPSA) is 89.5 Å². The molecule has 1 atom stereocenters. The lowest BCUT2D eigenvalue weighted by Crippen LogP contribution is -2.37. The number of amides is 2. The molecule has 2 N–H and O–H groups in total. The molecule has 0 spiro atoms. The minimum Gasteiger partial charge on any atom is -0.496 e. The fourth-order valence-electron chi connectivity index (χ4n) is 4.03. The number of carbonyl (C=O) groups is 2.